The van der Waals surface area contributed by atoms with E-state index < -0.39 is 89.2 Å². The molecule has 1 aliphatic heterocycles. The minimum Gasteiger partial charge on any atom is -0.438 e. The number of aromatic nitrogens is 2. The van der Waals surface area contributed by atoms with Gasteiger partial charge in [0.1, 0.15) is 18.3 Å². The van der Waals surface area contributed by atoms with E-state index >= 15 is 0 Å². The zero-order valence-corrected chi connectivity index (χ0v) is 38.9. The third kappa shape index (κ3) is 11.0. The summed E-state index contributed by atoms with van der Waals surface area (Å²) in [5.41, 5.74) is -5.46. The molecule has 0 radical (unpaired) electrons. The van der Waals surface area contributed by atoms with Crippen LogP contribution in [0.1, 0.15) is 85.8 Å². The summed E-state index contributed by atoms with van der Waals surface area (Å²) < 4.78 is 26.5. The quantitative estimate of drug-likeness (QED) is 0.136. The van der Waals surface area contributed by atoms with Gasteiger partial charge in [0.05, 0.1) is 12.2 Å². The van der Waals surface area contributed by atoms with Crippen molar-refractivity contribution in [2.24, 2.45) is 0 Å². The van der Waals surface area contributed by atoms with Gasteiger partial charge in [-0.1, -0.05) is 111 Å². The monoisotopic (exact) mass is 903 g/mol. The molecule has 1 fully saturated rings. The zero-order valence-electron chi connectivity index (χ0n) is 32.4. The van der Waals surface area contributed by atoms with Crippen LogP contribution >= 0.6 is 69.6 Å². The lowest BCUT2D eigenvalue weighted by Crippen LogP contribution is -2.51. The normalized spacial score (nSPS) is 21.0. The number of anilines is 1. The number of carbonyl (C=O) groups is 3. The summed E-state index contributed by atoms with van der Waals surface area (Å²) >= 11 is 36.0. The summed E-state index contributed by atoms with van der Waals surface area (Å²) in [6, 6.07) is 0. The lowest BCUT2D eigenvalue weighted by molar-refractivity contribution is -0.0528. The minimum absolute atomic E-state index is 0.0353. The molecule has 1 aromatic rings. The second kappa shape index (κ2) is 16.3. The van der Waals surface area contributed by atoms with Crippen molar-refractivity contribution in [3.05, 3.63) is 22.2 Å². The van der Waals surface area contributed by atoms with Crippen molar-refractivity contribution in [2.45, 2.75) is 149 Å². The number of alkyl halides is 6. The topological polar surface area (TPSA) is 156 Å². The summed E-state index contributed by atoms with van der Waals surface area (Å²) in [5, 5.41) is 11.4. The highest BCUT2D eigenvalue weighted by Gasteiger charge is 2.53. The minimum atomic E-state index is -2.55. The second-order valence-electron chi connectivity index (χ2n) is 16.9. The smallest absolute Gasteiger partial charge is 0.425 e. The van der Waals surface area contributed by atoms with Crippen LogP contribution in [0.4, 0.5) is 15.4 Å². The number of nitrogens with zero attached hydrogens (tertiary/aromatic N) is 3. The molecule has 1 N–H and O–H groups in total. The van der Waals surface area contributed by atoms with Gasteiger partial charge in [0.25, 0.3) is 0 Å². The Hall–Kier alpha value is -0.696. The first-order valence-corrected chi connectivity index (χ1v) is 24.6. The van der Waals surface area contributed by atoms with Gasteiger partial charge in [-0.05, 0) is 64.0 Å². The molecule has 1 aliphatic rings. The Labute approximate surface area is 343 Å². The third-order valence-electron chi connectivity index (χ3n) is 9.95. The fraction of sp³-hybridized carbons (Fsp3) is 0.781. The molecule has 0 aliphatic carbocycles. The van der Waals surface area contributed by atoms with Crippen LogP contribution in [0.2, 0.25) is 36.3 Å². The molecule has 53 heavy (non-hydrogen) atoms. The molecule has 21 heteroatoms. The molecule has 1 saturated heterocycles. The van der Waals surface area contributed by atoms with Crippen LogP contribution < -0.4 is 10.6 Å². The highest BCUT2D eigenvalue weighted by molar-refractivity contribution is 6.74. The Morgan fingerprint density at radius 1 is 0.868 bits per heavy atom. The summed E-state index contributed by atoms with van der Waals surface area (Å²) in [4.78, 5) is 57.7. The lowest BCUT2D eigenvalue weighted by Gasteiger charge is -2.41. The van der Waals surface area contributed by atoms with Gasteiger partial charge in [0.15, 0.2) is 46.2 Å². The molecule has 0 unspecified atom stereocenters. The third-order valence-corrected chi connectivity index (χ3v) is 21.7. The van der Waals surface area contributed by atoms with Crippen LogP contribution in [0.3, 0.4) is 0 Å². The first kappa shape index (κ1) is 48.5. The Morgan fingerprint density at radius 3 is 1.68 bits per heavy atom. The highest BCUT2D eigenvalue weighted by atomic mass is 35.6. The molecule has 0 aromatic carbocycles. The van der Waals surface area contributed by atoms with Crippen LogP contribution in [0.5, 0.6) is 0 Å². The first-order chi connectivity index (χ1) is 23.4. The Morgan fingerprint density at radius 2 is 1.30 bits per heavy atom. The molecule has 13 nitrogen and oxygen atoms in total. The van der Waals surface area contributed by atoms with E-state index in [9.17, 15) is 24.3 Å². The summed E-state index contributed by atoms with van der Waals surface area (Å²) in [5.74, 6) is -0.837. The number of halogens is 6. The number of hydrogen-bond acceptors (Lipinski definition) is 11. The number of carbonyl (C=O) groups excluding carboxylic acids is 3. The van der Waals surface area contributed by atoms with Crippen molar-refractivity contribution in [1.82, 2.24) is 9.55 Å². The molecule has 0 spiro atoms. The number of aliphatic hydroxyl groups excluding tert-OH is 1. The number of imide groups is 1. The average molecular weight is 907 g/mol. The molecule has 4 atom stereocenters. The van der Waals surface area contributed by atoms with E-state index in [0.717, 1.165) is 10.8 Å². The fourth-order valence-electron chi connectivity index (χ4n) is 4.06. The zero-order chi connectivity index (χ0) is 41.7. The summed E-state index contributed by atoms with van der Waals surface area (Å²) in [7, 11) is -4.87. The number of aldehydes is 1. The first-order valence-electron chi connectivity index (χ1n) is 16.6. The van der Waals surface area contributed by atoms with E-state index in [0.29, 0.717) is 0 Å². The number of amides is 2. The largest absolute Gasteiger partial charge is 0.438 e. The van der Waals surface area contributed by atoms with Crippen LogP contribution in [0.15, 0.2) is 11.0 Å². The van der Waals surface area contributed by atoms with Gasteiger partial charge in [-0.15, -0.1) is 0 Å². The van der Waals surface area contributed by atoms with E-state index in [1.807, 2.05) is 33.9 Å². The average Bonchev–Trinajstić information content (AvgIpc) is 3.23. The maximum absolute atomic E-state index is 13.8. The van der Waals surface area contributed by atoms with E-state index in [-0.39, 0.29) is 27.9 Å². The van der Waals surface area contributed by atoms with Gasteiger partial charge < -0.3 is 28.2 Å². The molecule has 2 amide bonds. The molecule has 2 heterocycles. The van der Waals surface area contributed by atoms with Gasteiger partial charge in [-0.2, -0.15) is 9.88 Å². The maximum atomic E-state index is 13.8. The van der Waals surface area contributed by atoms with Crippen molar-refractivity contribution in [3.63, 3.8) is 0 Å². The highest BCUT2D eigenvalue weighted by Crippen LogP contribution is 2.44. The van der Waals surface area contributed by atoms with E-state index in [1.165, 1.54) is 27.7 Å². The number of aliphatic hydroxyl groups is 1. The fourth-order valence-corrected chi connectivity index (χ4v) is 6.63. The van der Waals surface area contributed by atoms with Crippen molar-refractivity contribution >= 4 is 111 Å². The predicted octanol–water partition coefficient (Wildman–Crippen LogP) is 9.10. The molecular formula is C32H51Cl6N3O10Si2. The molecule has 304 valence electrons. The van der Waals surface area contributed by atoms with Crippen molar-refractivity contribution in [2.75, 3.05) is 11.5 Å². The maximum Gasteiger partial charge on any atom is 0.425 e. The van der Waals surface area contributed by atoms with E-state index in [4.69, 9.17) is 92.7 Å². The predicted molar refractivity (Wildman–Crippen MR) is 213 cm³/mol. The van der Waals surface area contributed by atoms with Gasteiger partial charge in [-0.3, -0.25) is 9.36 Å². The summed E-state index contributed by atoms with van der Waals surface area (Å²) in [6.07, 6.45) is -6.67. The van der Waals surface area contributed by atoms with Crippen LogP contribution in [0, 0.1) is 0 Å². The second-order valence-corrected chi connectivity index (χ2v) is 31.0. The van der Waals surface area contributed by atoms with Crippen LogP contribution in [-0.4, -0.2) is 93.5 Å². The summed E-state index contributed by atoms with van der Waals surface area (Å²) in [6.45, 7) is 25.4. The van der Waals surface area contributed by atoms with Crippen LogP contribution in [-0.2, 0) is 23.1 Å². The van der Waals surface area contributed by atoms with Gasteiger partial charge in [0, 0.05) is 6.20 Å². The molecule has 0 saturated carbocycles. The number of ether oxygens (including phenoxy) is 3. The van der Waals surface area contributed by atoms with Gasteiger partial charge in [0.2, 0.25) is 7.59 Å². The van der Waals surface area contributed by atoms with Crippen LogP contribution in [0.25, 0.3) is 0 Å². The molecule has 2 rings (SSSR count). The van der Waals surface area contributed by atoms with Crippen molar-refractivity contribution < 1.29 is 42.6 Å². The Kier molecular flexibility index (Phi) is 14.9. The van der Waals surface area contributed by atoms with E-state index in [1.54, 1.807) is 0 Å². The molecule has 0 bridgehead atoms. The molecule has 1 aromatic heterocycles. The Bertz CT molecular complexity index is 1540. The Balaban J connectivity index is 2.75. The van der Waals surface area contributed by atoms with Gasteiger partial charge >= 0.3 is 17.9 Å². The SMILES string of the molecule is CC(C)(OC(=O)N(C(=O)OC(C)(C)C(Cl)(Cl)Cl)c1nc(=O)n([C@@H]2O[C@H](CO[Si](C)(C)C(C)(C)C)[C@@H](O[Si](C)(C)C(C)(C)C)[C@H]2O)cc1C=O)C(Cl)(Cl)Cl. The molecular weight excluding hydrogens is 855 g/mol. The van der Waals surface area contributed by atoms with E-state index in [2.05, 4.69) is 38.8 Å². The lowest BCUT2D eigenvalue weighted by atomic mass is 10.1. The standard InChI is InChI=1S/C32H51Cl6N3O10Si2/c1-27(2,3)52(11,12)47-17-19-21(51-53(13,14)28(4,5)6)20(43)23(48-19)40-15-18(16-42)22(39-24(40)44)41(25(45)49-29(7,8)31(33,34)35)26(46)50-30(9,10)32(36,37)38/h15-16,19-21,23,43H,17H2,1-14H3/t19-,20-,21-,23-/m1/s1. The van der Waals surface area contributed by atoms with Crippen molar-refractivity contribution in [3.8, 4) is 0 Å². The van der Waals surface area contributed by atoms with Crippen molar-refractivity contribution in [1.29, 1.82) is 0 Å². The number of rotatable bonds is 10. The van der Waals surface area contributed by atoms with Gasteiger partial charge in [-0.25, -0.2) is 14.4 Å². The number of hydrogen-bond donors (Lipinski definition) is 1.